The molecule has 7 aromatic carbocycles. The van der Waals surface area contributed by atoms with Crippen molar-refractivity contribution in [1.29, 1.82) is 0 Å². The van der Waals surface area contributed by atoms with Gasteiger partial charge in [0.25, 0.3) is 0 Å². The Bertz CT molecular complexity index is 1900. The fourth-order valence-electron chi connectivity index (χ4n) is 6.22. The van der Waals surface area contributed by atoms with Crippen LogP contribution in [0.1, 0.15) is 71.9 Å². The third-order valence-electron chi connectivity index (χ3n) is 9.48. The summed E-state index contributed by atoms with van der Waals surface area (Å²) < 4.78 is 0. The number of benzene rings is 7. The molecule has 0 heterocycles. The maximum Gasteiger partial charge on any atom is 0.0384 e. The van der Waals surface area contributed by atoms with E-state index in [0.29, 0.717) is 17.8 Å². The van der Waals surface area contributed by atoms with Gasteiger partial charge in [0.15, 0.2) is 0 Å². The summed E-state index contributed by atoms with van der Waals surface area (Å²) in [6.45, 7) is 6.75. The van der Waals surface area contributed by atoms with Crippen LogP contribution >= 0.6 is 0 Å². The van der Waals surface area contributed by atoms with E-state index in [0.717, 1.165) is 22.7 Å². The average molecular weight is 651 g/mol. The highest BCUT2D eigenvalue weighted by Gasteiger charge is 2.10. The third kappa shape index (κ3) is 9.18. The van der Waals surface area contributed by atoms with Crippen molar-refractivity contribution in [3.05, 3.63) is 228 Å². The van der Waals surface area contributed by atoms with Gasteiger partial charge in [0.2, 0.25) is 0 Å². The van der Waals surface area contributed by atoms with Crippen LogP contribution < -0.4 is 10.6 Å². The van der Waals surface area contributed by atoms with E-state index >= 15 is 0 Å². The first-order valence-corrected chi connectivity index (χ1v) is 17.6. The minimum Gasteiger partial charge on any atom is -0.356 e. The zero-order valence-electron chi connectivity index (χ0n) is 29.2. The normalized spacial score (nSPS) is 12.5. The standard InChI is InChI=1S/C28H27N.C20H19N/c1-21(23-9-5-3-6-10-23)25-13-17-27(18-14-25)29-28-19-15-26(16-20-28)22(2)24-11-7-4-8-12-24;1-16(17-8-4-2-5-9-17)18-12-14-20(15-13-18)21-19-10-6-3-7-11-19/h3-22,29H,1-2H3;2-16,21H,1H3. The van der Waals surface area contributed by atoms with E-state index in [2.05, 4.69) is 207 Å². The Morgan fingerprint density at radius 2 is 0.440 bits per heavy atom. The summed E-state index contributed by atoms with van der Waals surface area (Å²) in [5.74, 6) is 1.20. The number of hydrogen-bond donors (Lipinski definition) is 2. The molecule has 0 radical (unpaired) electrons. The van der Waals surface area contributed by atoms with Gasteiger partial charge in [0, 0.05) is 40.5 Å². The molecule has 2 nitrogen and oxygen atoms in total. The Morgan fingerprint density at radius 3 is 0.700 bits per heavy atom. The Labute approximate surface area is 298 Å². The molecule has 7 aromatic rings. The molecule has 248 valence electrons. The molecule has 0 aliphatic carbocycles. The number of anilines is 4. The van der Waals surface area contributed by atoms with Crippen molar-refractivity contribution in [3.63, 3.8) is 0 Å². The van der Waals surface area contributed by atoms with Gasteiger partial charge in [-0.1, -0.05) is 166 Å². The molecule has 0 aliphatic heterocycles. The van der Waals surface area contributed by atoms with Gasteiger partial charge < -0.3 is 10.6 Å². The Balaban J connectivity index is 0.000000182. The third-order valence-corrected chi connectivity index (χ3v) is 9.48. The summed E-state index contributed by atoms with van der Waals surface area (Å²) in [7, 11) is 0. The lowest BCUT2D eigenvalue weighted by Gasteiger charge is -2.15. The second kappa shape index (κ2) is 17.0. The maximum atomic E-state index is 3.52. The summed E-state index contributed by atoms with van der Waals surface area (Å²) >= 11 is 0. The van der Waals surface area contributed by atoms with Gasteiger partial charge in [-0.15, -0.1) is 0 Å². The first-order valence-electron chi connectivity index (χ1n) is 17.6. The molecular weight excluding hydrogens is 605 g/mol. The van der Waals surface area contributed by atoms with Gasteiger partial charge in [0.1, 0.15) is 0 Å². The minimum absolute atomic E-state index is 0.393. The Kier molecular flexibility index (Phi) is 11.6. The van der Waals surface area contributed by atoms with E-state index < -0.39 is 0 Å². The molecule has 50 heavy (non-hydrogen) atoms. The van der Waals surface area contributed by atoms with Crippen molar-refractivity contribution in [2.45, 2.75) is 38.5 Å². The number of hydrogen-bond acceptors (Lipinski definition) is 2. The molecule has 0 aromatic heterocycles. The zero-order valence-corrected chi connectivity index (χ0v) is 29.2. The van der Waals surface area contributed by atoms with Crippen LogP contribution in [0.2, 0.25) is 0 Å². The van der Waals surface area contributed by atoms with E-state index in [4.69, 9.17) is 0 Å². The SMILES string of the molecule is CC(c1ccccc1)c1ccc(Nc2ccc(C(C)c3ccccc3)cc2)cc1.CC(c1ccccc1)c1ccc(Nc2ccccc2)cc1. The smallest absolute Gasteiger partial charge is 0.0384 e. The molecular formula is C48H46N2. The van der Waals surface area contributed by atoms with Crippen LogP contribution in [0.4, 0.5) is 22.7 Å². The van der Waals surface area contributed by atoms with Gasteiger partial charge >= 0.3 is 0 Å². The predicted octanol–water partition coefficient (Wildman–Crippen LogP) is 13.3. The zero-order chi connectivity index (χ0) is 34.5. The molecule has 7 rings (SSSR count). The summed E-state index contributed by atoms with van der Waals surface area (Å²) in [4.78, 5) is 0. The highest BCUT2D eigenvalue weighted by atomic mass is 14.9. The van der Waals surface area contributed by atoms with Crippen LogP contribution in [0.5, 0.6) is 0 Å². The van der Waals surface area contributed by atoms with E-state index in [1.165, 1.54) is 33.4 Å². The molecule has 0 saturated carbocycles. The Morgan fingerprint density at radius 1 is 0.240 bits per heavy atom. The molecule has 0 fully saturated rings. The molecule has 3 atom stereocenters. The Hall–Kier alpha value is -5.86. The van der Waals surface area contributed by atoms with Crippen LogP contribution in [-0.2, 0) is 0 Å². The van der Waals surface area contributed by atoms with Crippen LogP contribution in [0.25, 0.3) is 0 Å². The van der Waals surface area contributed by atoms with E-state index in [-0.39, 0.29) is 0 Å². The van der Waals surface area contributed by atoms with Crippen molar-refractivity contribution in [1.82, 2.24) is 0 Å². The first-order chi connectivity index (χ1) is 24.5. The number of rotatable bonds is 10. The van der Waals surface area contributed by atoms with Gasteiger partial charge in [-0.25, -0.2) is 0 Å². The summed E-state index contributed by atoms with van der Waals surface area (Å²) in [6.07, 6.45) is 0. The fraction of sp³-hybridized carbons (Fsp3) is 0.125. The number of nitrogens with one attached hydrogen (secondary N) is 2. The lowest BCUT2D eigenvalue weighted by atomic mass is 9.93. The van der Waals surface area contributed by atoms with Crippen LogP contribution in [0.15, 0.2) is 194 Å². The molecule has 0 aliphatic rings. The fourth-order valence-corrected chi connectivity index (χ4v) is 6.22. The van der Waals surface area contributed by atoms with Gasteiger partial charge in [0.05, 0.1) is 0 Å². The van der Waals surface area contributed by atoms with Gasteiger partial charge in [-0.05, 0) is 81.9 Å². The van der Waals surface area contributed by atoms with Crippen molar-refractivity contribution in [3.8, 4) is 0 Å². The molecule has 0 spiro atoms. The second-order valence-corrected chi connectivity index (χ2v) is 12.9. The quantitative estimate of drug-likeness (QED) is 0.154. The van der Waals surface area contributed by atoms with E-state index in [9.17, 15) is 0 Å². The maximum absolute atomic E-state index is 3.52. The summed E-state index contributed by atoms with van der Waals surface area (Å²) in [6, 6.07) is 68.3. The molecule has 0 amide bonds. The van der Waals surface area contributed by atoms with Crippen LogP contribution in [0, 0.1) is 0 Å². The van der Waals surface area contributed by atoms with E-state index in [1.54, 1.807) is 0 Å². The molecule has 2 N–H and O–H groups in total. The number of para-hydroxylation sites is 1. The lowest BCUT2D eigenvalue weighted by Crippen LogP contribution is -1.98. The molecule has 3 unspecified atom stereocenters. The van der Waals surface area contributed by atoms with Crippen molar-refractivity contribution >= 4 is 22.7 Å². The predicted molar refractivity (Wildman–Crippen MR) is 214 cm³/mol. The van der Waals surface area contributed by atoms with Crippen molar-refractivity contribution < 1.29 is 0 Å². The molecule has 0 saturated heterocycles. The van der Waals surface area contributed by atoms with Crippen LogP contribution in [0.3, 0.4) is 0 Å². The second-order valence-electron chi connectivity index (χ2n) is 12.9. The minimum atomic E-state index is 0.393. The molecule has 0 bridgehead atoms. The van der Waals surface area contributed by atoms with Gasteiger partial charge in [-0.2, -0.15) is 0 Å². The van der Waals surface area contributed by atoms with E-state index in [1.807, 2.05) is 18.2 Å². The monoisotopic (exact) mass is 650 g/mol. The molecule has 2 heteroatoms. The lowest BCUT2D eigenvalue weighted by molar-refractivity contribution is 0.922. The highest BCUT2D eigenvalue weighted by molar-refractivity contribution is 5.61. The van der Waals surface area contributed by atoms with Crippen LogP contribution in [-0.4, -0.2) is 0 Å². The summed E-state index contributed by atoms with van der Waals surface area (Å²) in [5.41, 5.74) is 12.5. The average Bonchev–Trinajstić information content (AvgIpc) is 3.20. The first kappa shape index (κ1) is 34.0. The summed E-state index contributed by atoms with van der Waals surface area (Å²) in [5, 5.41) is 6.93. The van der Waals surface area contributed by atoms with Crippen molar-refractivity contribution in [2.75, 3.05) is 10.6 Å². The topological polar surface area (TPSA) is 24.1 Å². The largest absolute Gasteiger partial charge is 0.356 e. The van der Waals surface area contributed by atoms with Gasteiger partial charge in [-0.3, -0.25) is 0 Å². The van der Waals surface area contributed by atoms with Crippen molar-refractivity contribution in [2.24, 2.45) is 0 Å². The highest BCUT2D eigenvalue weighted by Crippen LogP contribution is 2.29.